The lowest BCUT2D eigenvalue weighted by molar-refractivity contribution is 0.100. The Morgan fingerprint density at radius 2 is 1.77 bits per heavy atom. The van der Waals surface area contributed by atoms with E-state index in [0.717, 1.165) is 22.2 Å². The molecule has 0 unspecified atom stereocenters. The summed E-state index contributed by atoms with van der Waals surface area (Å²) in [7, 11) is 3.13. The van der Waals surface area contributed by atoms with Crippen LogP contribution < -0.4 is 20.5 Å². The van der Waals surface area contributed by atoms with Crippen molar-refractivity contribution in [3.05, 3.63) is 53.2 Å². The summed E-state index contributed by atoms with van der Waals surface area (Å²) in [5.74, 6) is 0.562. The second-order valence-electron chi connectivity index (χ2n) is 6.08. The molecule has 26 heavy (non-hydrogen) atoms. The fraction of sp³-hybridized carbons (Fsp3) is 0.200. The number of anilines is 2. The molecule has 0 saturated heterocycles. The third-order valence-corrected chi connectivity index (χ3v) is 4.29. The van der Waals surface area contributed by atoms with Gasteiger partial charge in [0.1, 0.15) is 0 Å². The van der Waals surface area contributed by atoms with Crippen LogP contribution in [0.5, 0.6) is 11.5 Å². The lowest BCUT2D eigenvalue weighted by Crippen LogP contribution is -2.14. The number of carbonyl (C=O) groups is 1. The topological polar surface area (TPSA) is 86.5 Å². The van der Waals surface area contributed by atoms with Crippen molar-refractivity contribution in [3.63, 3.8) is 0 Å². The number of pyridine rings is 1. The van der Waals surface area contributed by atoms with E-state index < -0.39 is 5.91 Å². The number of amides is 1. The number of aryl methyl sites for hydroxylation is 2. The van der Waals surface area contributed by atoms with Crippen molar-refractivity contribution < 1.29 is 14.3 Å². The minimum Gasteiger partial charge on any atom is -0.493 e. The standard InChI is InChI=1S/C20H21N3O3/c1-11-5-6-12(2)15(7-11)23-19-13-8-17(25-3)18(26-4)9-16(13)22-10-14(19)20(21)24/h5-10H,1-4H3,(H2,21,24)(H,22,23). The molecule has 3 rings (SSSR count). The van der Waals surface area contributed by atoms with Crippen LogP contribution in [0.1, 0.15) is 21.5 Å². The van der Waals surface area contributed by atoms with E-state index in [0.29, 0.717) is 28.3 Å². The van der Waals surface area contributed by atoms with Crippen LogP contribution in [0, 0.1) is 13.8 Å². The number of nitrogens with one attached hydrogen (secondary N) is 1. The van der Waals surface area contributed by atoms with Crippen LogP contribution in [0.4, 0.5) is 11.4 Å². The number of primary amides is 1. The van der Waals surface area contributed by atoms with Gasteiger partial charge in [-0.1, -0.05) is 12.1 Å². The van der Waals surface area contributed by atoms with Crippen molar-refractivity contribution in [1.82, 2.24) is 4.98 Å². The molecule has 0 spiro atoms. The van der Waals surface area contributed by atoms with Crippen molar-refractivity contribution in [1.29, 1.82) is 0 Å². The van der Waals surface area contributed by atoms with Gasteiger partial charge in [-0.3, -0.25) is 9.78 Å². The zero-order valence-electron chi connectivity index (χ0n) is 15.2. The number of benzene rings is 2. The highest BCUT2D eigenvalue weighted by atomic mass is 16.5. The Bertz CT molecular complexity index is 999. The second-order valence-corrected chi connectivity index (χ2v) is 6.08. The molecular weight excluding hydrogens is 330 g/mol. The Kier molecular flexibility index (Phi) is 4.67. The number of rotatable bonds is 5. The maximum Gasteiger partial charge on any atom is 0.252 e. The van der Waals surface area contributed by atoms with E-state index in [1.807, 2.05) is 32.0 Å². The van der Waals surface area contributed by atoms with Gasteiger partial charge in [-0.05, 0) is 37.1 Å². The Morgan fingerprint density at radius 3 is 2.42 bits per heavy atom. The number of nitrogens with two attached hydrogens (primary N) is 1. The summed E-state index contributed by atoms with van der Waals surface area (Å²) >= 11 is 0. The zero-order valence-corrected chi connectivity index (χ0v) is 15.2. The van der Waals surface area contributed by atoms with Gasteiger partial charge >= 0.3 is 0 Å². The van der Waals surface area contributed by atoms with Gasteiger partial charge in [0, 0.05) is 23.3 Å². The molecular formula is C20H21N3O3. The third-order valence-electron chi connectivity index (χ3n) is 4.29. The van der Waals surface area contributed by atoms with E-state index in [1.54, 1.807) is 26.4 Å². The lowest BCUT2D eigenvalue weighted by atomic mass is 10.1. The van der Waals surface area contributed by atoms with Crippen molar-refractivity contribution in [2.24, 2.45) is 5.73 Å². The van der Waals surface area contributed by atoms with Gasteiger partial charge in [0.15, 0.2) is 11.5 Å². The zero-order chi connectivity index (χ0) is 18.8. The average Bonchev–Trinajstić information content (AvgIpc) is 2.63. The summed E-state index contributed by atoms with van der Waals surface area (Å²) in [6, 6.07) is 9.64. The molecule has 3 aromatic rings. The van der Waals surface area contributed by atoms with Gasteiger partial charge in [0.25, 0.3) is 5.91 Å². The highest BCUT2D eigenvalue weighted by Gasteiger charge is 2.17. The summed E-state index contributed by atoms with van der Waals surface area (Å²) in [5, 5.41) is 4.08. The molecule has 1 aromatic heterocycles. The summed E-state index contributed by atoms with van der Waals surface area (Å²) in [5.41, 5.74) is 10.2. The van der Waals surface area contributed by atoms with Gasteiger partial charge in [-0.2, -0.15) is 0 Å². The average molecular weight is 351 g/mol. The molecule has 1 heterocycles. The van der Waals surface area contributed by atoms with Crippen LogP contribution in [0.25, 0.3) is 10.9 Å². The minimum absolute atomic E-state index is 0.311. The van der Waals surface area contributed by atoms with E-state index in [4.69, 9.17) is 15.2 Å². The number of nitrogens with zero attached hydrogens (tertiary/aromatic N) is 1. The molecule has 0 bridgehead atoms. The van der Waals surface area contributed by atoms with Crippen LogP contribution in [0.2, 0.25) is 0 Å². The molecule has 134 valence electrons. The Balaban J connectivity index is 2.27. The highest BCUT2D eigenvalue weighted by Crippen LogP contribution is 2.37. The quantitative estimate of drug-likeness (QED) is 0.732. The van der Waals surface area contributed by atoms with Crippen LogP contribution in [0.3, 0.4) is 0 Å². The largest absolute Gasteiger partial charge is 0.493 e. The monoisotopic (exact) mass is 351 g/mol. The predicted octanol–water partition coefficient (Wildman–Crippen LogP) is 3.71. The molecule has 6 nitrogen and oxygen atoms in total. The number of methoxy groups -OCH3 is 2. The number of hydrogen-bond acceptors (Lipinski definition) is 5. The molecule has 0 radical (unpaired) electrons. The molecule has 2 aromatic carbocycles. The first-order valence-corrected chi connectivity index (χ1v) is 8.13. The van der Waals surface area contributed by atoms with E-state index >= 15 is 0 Å². The normalized spacial score (nSPS) is 10.6. The van der Waals surface area contributed by atoms with Gasteiger partial charge in [0.05, 0.1) is 31.0 Å². The summed E-state index contributed by atoms with van der Waals surface area (Å²) in [6.07, 6.45) is 1.48. The summed E-state index contributed by atoms with van der Waals surface area (Å²) in [6.45, 7) is 4.01. The molecule has 0 fully saturated rings. The Labute approximate surface area is 151 Å². The molecule has 6 heteroatoms. The summed E-state index contributed by atoms with van der Waals surface area (Å²) < 4.78 is 10.7. The van der Waals surface area contributed by atoms with Gasteiger partial charge in [-0.25, -0.2) is 0 Å². The molecule has 3 N–H and O–H groups in total. The molecule has 0 aliphatic heterocycles. The second kappa shape index (κ2) is 6.92. The Morgan fingerprint density at radius 1 is 1.08 bits per heavy atom. The Hall–Kier alpha value is -3.28. The first kappa shape index (κ1) is 17.5. The van der Waals surface area contributed by atoms with Gasteiger partial charge in [0.2, 0.25) is 0 Å². The third kappa shape index (κ3) is 3.13. The number of ether oxygens (including phenoxy) is 2. The van der Waals surface area contributed by atoms with Gasteiger partial charge < -0.3 is 20.5 Å². The predicted molar refractivity (Wildman–Crippen MR) is 103 cm³/mol. The van der Waals surface area contributed by atoms with E-state index in [2.05, 4.69) is 10.3 Å². The SMILES string of the molecule is COc1cc2ncc(C(N)=O)c(Nc3cc(C)ccc3C)c2cc1OC. The van der Waals surface area contributed by atoms with Crippen LogP contribution in [-0.4, -0.2) is 25.1 Å². The van der Waals surface area contributed by atoms with Crippen LogP contribution in [-0.2, 0) is 0 Å². The van der Waals surface area contributed by atoms with Crippen molar-refractivity contribution in [2.75, 3.05) is 19.5 Å². The number of carbonyl (C=O) groups excluding carboxylic acids is 1. The first-order chi connectivity index (χ1) is 12.4. The highest BCUT2D eigenvalue weighted by molar-refractivity contribution is 6.08. The smallest absolute Gasteiger partial charge is 0.252 e. The van der Waals surface area contributed by atoms with E-state index in [9.17, 15) is 4.79 Å². The number of aromatic nitrogens is 1. The minimum atomic E-state index is -0.554. The summed E-state index contributed by atoms with van der Waals surface area (Å²) in [4.78, 5) is 16.3. The number of hydrogen-bond donors (Lipinski definition) is 2. The van der Waals surface area contributed by atoms with Gasteiger partial charge in [-0.15, -0.1) is 0 Å². The fourth-order valence-corrected chi connectivity index (χ4v) is 2.85. The molecule has 0 aliphatic carbocycles. The maximum atomic E-state index is 12.0. The molecule has 0 saturated carbocycles. The number of fused-ring (bicyclic) bond motifs is 1. The maximum absolute atomic E-state index is 12.0. The fourth-order valence-electron chi connectivity index (χ4n) is 2.85. The van der Waals surface area contributed by atoms with Crippen molar-refractivity contribution >= 4 is 28.2 Å². The van der Waals surface area contributed by atoms with Crippen molar-refractivity contribution in [3.8, 4) is 11.5 Å². The van der Waals surface area contributed by atoms with Crippen LogP contribution >= 0.6 is 0 Å². The van der Waals surface area contributed by atoms with E-state index in [-0.39, 0.29) is 0 Å². The molecule has 0 atom stereocenters. The van der Waals surface area contributed by atoms with E-state index in [1.165, 1.54) is 6.20 Å². The van der Waals surface area contributed by atoms with Crippen LogP contribution in [0.15, 0.2) is 36.5 Å². The molecule has 1 amide bonds. The first-order valence-electron chi connectivity index (χ1n) is 8.13. The lowest BCUT2D eigenvalue weighted by Gasteiger charge is -2.17. The van der Waals surface area contributed by atoms with Crippen molar-refractivity contribution in [2.45, 2.75) is 13.8 Å². The molecule has 0 aliphatic rings.